The van der Waals surface area contributed by atoms with Crippen LogP contribution in [0.15, 0.2) is 0 Å². The van der Waals surface area contributed by atoms with Crippen molar-refractivity contribution >= 4 is 0 Å². The maximum atomic E-state index is 6.28. The summed E-state index contributed by atoms with van der Waals surface area (Å²) in [4.78, 5) is 1.74. The third kappa shape index (κ3) is 2.85. The SMILES string of the molecule is CC1(C)[C@H]2CC[C@@H](C2)[C@H]1C[C@H]1OC[C@@H](C[NH+]2CCCCC2)O1. The zero-order valence-electron chi connectivity index (χ0n) is 14.5. The standard InChI is InChI=1S/C19H33NO2/c1-19(2)15-7-6-14(10-15)17(19)11-18-21-13-16(22-18)12-20-8-4-3-5-9-20/h14-18H,3-13H2,1-2H3/p+1/t14-,15-,16+,17+,18-/m0/s1. The largest absolute Gasteiger partial charge is 0.350 e. The average molecular weight is 308 g/mol. The predicted molar refractivity (Wildman–Crippen MR) is 86.7 cm³/mol. The Morgan fingerprint density at radius 3 is 2.64 bits per heavy atom. The lowest BCUT2D eigenvalue weighted by Gasteiger charge is -2.39. The molecular formula is C19H34NO2+. The molecule has 0 spiro atoms. The molecule has 0 aromatic heterocycles. The van der Waals surface area contributed by atoms with Crippen molar-refractivity contribution in [3.8, 4) is 0 Å². The molecule has 0 aromatic carbocycles. The van der Waals surface area contributed by atoms with Crippen molar-refractivity contribution in [1.82, 2.24) is 0 Å². The molecule has 3 heteroatoms. The van der Waals surface area contributed by atoms with Gasteiger partial charge < -0.3 is 14.4 Å². The molecule has 2 aliphatic carbocycles. The van der Waals surface area contributed by atoms with Crippen LogP contribution in [-0.4, -0.2) is 38.6 Å². The molecule has 0 amide bonds. The molecule has 126 valence electrons. The fraction of sp³-hybridized carbons (Fsp3) is 1.00. The van der Waals surface area contributed by atoms with E-state index in [0.717, 1.165) is 37.3 Å². The van der Waals surface area contributed by atoms with E-state index >= 15 is 0 Å². The maximum absolute atomic E-state index is 6.28. The summed E-state index contributed by atoms with van der Waals surface area (Å²) >= 11 is 0. The van der Waals surface area contributed by atoms with Crippen LogP contribution in [0.4, 0.5) is 0 Å². The van der Waals surface area contributed by atoms with Crippen molar-refractivity contribution in [2.45, 2.75) is 71.2 Å². The van der Waals surface area contributed by atoms with Crippen molar-refractivity contribution < 1.29 is 14.4 Å². The summed E-state index contributed by atoms with van der Waals surface area (Å²) in [7, 11) is 0. The number of likely N-dealkylation sites (tertiary alicyclic amines) is 1. The summed E-state index contributed by atoms with van der Waals surface area (Å²) < 4.78 is 12.3. The number of hydrogen-bond donors (Lipinski definition) is 1. The summed E-state index contributed by atoms with van der Waals surface area (Å²) in [6.45, 7) is 9.65. The smallest absolute Gasteiger partial charge is 0.158 e. The van der Waals surface area contributed by atoms with Gasteiger partial charge in [-0.25, -0.2) is 0 Å². The van der Waals surface area contributed by atoms with Crippen LogP contribution in [-0.2, 0) is 9.47 Å². The van der Waals surface area contributed by atoms with Crippen LogP contribution in [0.5, 0.6) is 0 Å². The second kappa shape index (κ2) is 6.07. The van der Waals surface area contributed by atoms with Crippen LogP contribution in [0.25, 0.3) is 0 Å². The van der Waals surface area contributed by atoms with E-state index in [-0.39, 0.29) is 6.29 Å². The molecule has 1 N–H and O–H groups in total. The van der Waals surface area contributed by atoms with Gasteiger partial charge in [-0.1, -0.05) is 13.8 Å². The number of nitrogens with one attached hydrogen (secondary N) is 1. The van der Waals surface area contributed by atoms with Gasteiger partial charge in [-0.3, -0.25) is 0 Å². The average Bonchev–Trinajstić information content (AvgIpc) is 3.19. The second-order valence-corrected chi connectivity index (χ2v) is 8.97. The number of fused-ring (bicyclic) bond motifs is 2. The summed E-state index contributed by atoms with van der Waals surface area (Å²) in [6.07, 6.45) is 10.2. The Morgan fingerprint density at radius 1 is 1.09 bits per heavy atom. The molecule has 5 atom stereocenters. The first-order valence-electron chi connectivity index (χ1n) is 9.73. The van der Waals surface area contributed by atoms with Crippen LogP contribution in [0.1, 0.15) is 58.8 Å². The van der Waals surface area contributed by atoms with E-state index in [0.29, 0.717) is 11.5 Å². The number of quaternary nitrogens is 1. The summed E-state index contributed by atoms with van der Waals surface area (Å²) in [5.74, 6) is 2.72. The Kier molecular flexibility index (Phi) is 4.25. The molecule has 4 rings (SSSR count). The molecule has 2 saturated carbocycles. The third-order valence-corrected chi connectivity index (χ3v) is 7.39. The Hall–Kier alpha value is -0.120. The normalized spacial score (nSPS) is 44.7. The van der Waals surface area contributed by atoms with Crippen molar-refractivity contribution in [3.63, 3.8) is 0 Å². The van der Waals surface area contributed by atoms with Crippen LogP contribution < -0.4 is 4.90 Å². The van der Waals surface area contributed by atoms with Gasteiger partial charge in [-0.05, 0) is 61.7 Å². The third-order valence-electron chi connectivity index (χ3n) is 7.39. The highest BCUT2D eigenvalue weighted by atomic mass is 16.7. The number of hydrogen-bond acceptors (Lipinski definition) is 2. The predicted octanol–water partition coefficient (Wildman–Crippen LogP) is 2.26. The van der Waals surface area contributed by atoms with E-state index in [1.165, 1.54) is 51.6 Å². The molecule has 2 saturated heterocycles. The fourth-order valence-electron chi connectivity index (χ4n) is 5.99. The minimum absolute atomic E-state index is 0.0813. The topological polar surface area (TPSA) is 22.9 Å². The Balaban J connectivity index is 1.28. The lowest BCUT2D eigenvalue weighted by Crippen LogP contribution is -3.13. The van der Waals surface area contributed by atoms with E-state index < -0.39 is 0 Å². The van der Waals surface area contributed by atoms with E-state index in [4.69, 9.17) is 9.47 Å². The van der Waals surface area contributed by atoms with Crippen LogP contribution in [0, 0.1) is 23.2 Å². The van der Waals surface area contributed by atoms with E-state index in [9.17, 15) is 0 Å². The Bertz CT molecular complexity index is 391. The lowest BCUT2D eigenvalue weighted by atomic mass is 9.67. The molecule has 0 radical (unpaired) electrons. The summed E-state index contributed by atoms with van der Waals surface area (Å²) in [5.41, 5.74) is 0.506. The first-order valence-corrected chi connectivity index (χ1v) is 9.73. The van der Waals surface area contributed by atoms with Gasteiger partial charge in [-0.15, -0.1) is 0 Å². The van der Waals surface area contributed by atoms with Gasteiger partial charge in [0.05, 0.1) is 19.7 Å². The highest BCUT2D eigenvalue weighted by Crippen LogP contribution is 2.60. The molecule has 3 nitrogen and oxygen atoms in total. The number of rotatable bonds is 4. The first kappa shape index (κ1) is 15.4. The van der Waals surface area contributed by atoms with Gasteiger partial charge in [0.25, 0.3) is 0 Å². The molecule has 2 heterocycles. The van der Waals surface area contributed by atoms with Gasteiger partial charge in [0.2, 0.25) is 0 Å². The van der Waals surface area contributed by atoms with Gasteiger partial charge in [0.1, 0.15) is 12.6 Å². The summed E-state index contributed by atoms with van der Waals surface area (Å²) in [6, 6.07) is 0. The minimum Gasteiger partial charge on any atom is -0.350 e. The van der Waals surface area contributed by atoms with Gasteiger partial charge >= 0.3 is 0 Å². The Morgan fingerprint density at radius 2 is 1.91 bits per heavy atom. The molecule has 4 fully saturated rings. The summed E-state index contributed by atoms with van der Waals surface area (Å²) in [5, 5.41) is 0. The fourth-order valence-corrected chi connectivity index (χ4v) is 5.99. The minimum atomic E-state index is 0.0813. The molecule has 4 aliphatic rings. The van der Waals surface area contributed by atoms with Gasteiger partial charge in [-0.2, -0.15) is 0 Å². The highest BCUT2D eigenvalue weighted by molar-refractivity contribution is 5.01. The molecular weight excluding hydrogens is 274 g/mol. The molecule has 22 heavy (non-hydrogen) atoms. The molecule has 2 bridgehead atoms. The second-order valence-electron chi connectivity index (χ2n) is 8.97. The van der Waals surface area contributed by atoms with Crippen molar-refractivity contribution in [2.24, 2.45) is 23.2 Å². The Labute approximate surface area is 135 Å². The van der Waals surface area contributed by atoms with E-state index in [1.807, 2.05) is 0 Å². The van der Waals surface area contributed by atoms with Gasteiger partial charge in [0.15, 0.2) is 6.29 Å². The molecule has 0 unspecified atom stereocenters. The number of ether oxygens (including phenoxy) is 2. The number of piperidine rings is 1. The highest BCUT2D eigenvalue weighted by Gasteiger charge is 2.53. The van der Waals surface area contributed by atoms with Crippen molar-refractivity contribution in [2.75, 3.05) is 26.2 Å². The van der Waals surface area contributed by atoms with Gasteiger partial charge in [0, 0.05) is 6.42 Å². The zero-order chi connectivity index (χ0) is 15.2. The van der Waals surface area contributed by atoms with Crippen molar-refractivity contribution in [3.05, 3.63) is 0 Å². The zero-order valence-corrected chi connectivity index (χ0v) is 14.5. The monoisotopic (exact) mass is 308 g/mol. The molecule has 2 aliphatic heterocycles. The van der Waals surface area contributed by atoms with Crippen LogP contribution in [0.2, 0.25) is 0 Å². The maximum Gasteiger partial charge on any atom is 0.158 e. The molecule has 0 aromatic rings. The van der Waals surface area contributed by atoms with E-state index in [1.54, 1.807) is 4.90 Å². The van der Waals surface area contributed by atoms with Crippen LogP contribution in [0.3, 0.4) is 0 Å². The van der Waals surface area contributed by atoms with E-state index in [2.05, 4.69) is 13.8 Å². The van der Waals surface area contributed by atoms with Crippen molar-refractivity contribution in [1.29, 1.82) is 0 Å². The first-order chi connectivity index (χ1) is 10.6. The lowest BCUT2D eigenvalue weighted by molar-refractivity contribution is -0.907. The van der Waals surface area contributed by atoms with Crippen LogP contribution >= 0.6 is 0 Å². The quantitative estimate of drug-likeness (QED) is 0.861.